The largest absolute Gasteiger partial charge is 0.336 e. The third kappa shape index (κ3) is 3.54. The van der Waals surface area contributed by atoms with Crippen molar-refractivity contribution < 1.29 is 4.79 Å². The topological polar surface area (TPSA) is 46.1 Å². The Labute approximate surface area is 123 Å². The number of rotatable bonds is 3. The highest BCUT2D eigenvalue weighted by Gasteiger charge is 2.13. The second kappa shape index (κ2) is 6.01. The fourth-order valence-corrected chi connectivity index (χ4v) is 2.24. The van der Waals surface area contributed by atoms with Crippen LogP contribution in [0.4, 0.5) is 0 Å². The van der Waals surface area contributed by atoms with E-state index in [-0.39, 0.29) is 5.91 Å². The molecule has 4 nitrogen and oxygen atoms in total. The van der Waals surface area contributed by atoms with Crippen molar-refractivity contribution in [3.05, 3.63) is 58.1 Å². The van der Waals surface area contributed by atoms with Crippen molar-refractivity contribution >= 4 is 17.5 Å². The van der Waals surface area contributed by atoms with Crippen molar-refractivity contribution in [2.75, 3.05) is 7.05 Å². The van der Waals surface area contributed by atoms with Gasteiger partial charge in [-0.05, 0) is 37.6 Å². The number of carbonyl (C=O) groups is 1. The quantitative estimate of drug-likeness (QED) is 0.872. The number of hydrogen-bond donors (Lipinski definition) is 0. The highest BCUT2D eigenvalue weighted by molar-refractivity contribution is 6.30. The van der Waals surface area contributed by atoms with E-state index in [9.17, 15) is 4.79 Å². The van der Waals surface area contributed by atoms with Gasteiger partial charge in [-0.1, -0.05) is 11.6 Å². The van der Waals surface area contributed by atoms with Gasteiger partial charge in [0, 0.05) is 25.1 Å². The van der Waals surface area contributed by atoms with Crippen LogP contribution < -0.4 is 0 Å². The predicted octanol–water partition coefficient (Wildman–Crippen LogP) is 3.02. The van der Waals surface area contributed by atoms with E-state index in [4.69, 9.17) is 11.6 Å². The van der Waals surface area contributed by atoms with Gasteiger partial charge in [0.2, 0.25) is 0 Å². The first-order chi connectivity index (χ1) is 9.45. The first-order valence-corrected chi connectivity index (χ1v) is 6.63. The van der Waals surface area contributed by atoms with Crippen molar-refractivity contribution in [1.29, 1.82) is 0 Å². The predicted molar refractivity (Wildman–Crippen MR) is 78.8 cm³/mol. The second-order valence-electron chi connectivity index (χ2n) is 4.83. The molecule has 0 radical (unpaired) electrons. The zero-order chi connectivity index (χ0) is 14.7. The summed E-state index contributed by atoms with van der Waals surface area (Å²) in [6, 6.07) is 5.60. The molecule has 2 aromatic heterocycles. The minimum atomic E-state index is -0.124. The molecule has 104 valence electrons. The van der Waals surface area contributed by atoms with Gasteiger partial charge in [-0.25, -0.2) is 0 Å². The molecular weight excluding hydrogens is 274 g/mol. The summed E-state index contributed by atoms with van der Waals surface area (Å²) in [5, 5.41) is 0.453. The van der Waals surface area contributed by atoms with Gasteiger partial charge >= 0.3 is 0 Å². The molecule has 0 unspecified atom stereocenters. The summed E-state index contributed by atoms with van der Waals surface area (Å²) in [7, 11) is 1.74. The summed E-state index contributed by atoms with van der Waals surface area (Å²) in [6.07, 6.45) is 3.02. The van der Waals surface area contributed by atoms with Gasteiger partial charge in [-0.2, -0.15) is 0 Å². The lowest BCUT2D eigenvalue weighted by atomic mass is 10.2. The Kier molecular flexibility index (Phi) is 4.35. The molecule has 0 aromatic carbocycles. The number of hydrogen-bond acceptors (Lipinski definition) is 3. The van der Waals surface area contributed by atoms with E-state index >= 15 is 0 Å². The molecule has 0 atom stereocenters. The summed E-state index contributed by atoms with van der Waals surface area (Å²) in [5.41, 5.74) is 3.43. The first-order valence-electron chi connectivity index (χ1n) is 6.26. The monoisotopic (exact) mass is 289 g/mol. The number of amides is 1. The minimum Gasteiger partial charge on any atom is -0.336 e. The first kappa shape index (κ1) is 14.5. The van der Waals surface area contributed by atoms with Crippen molar-refractivity contribution in [1.82, 2.24) is 14.9 Å². The van der Waals surface area contributed by atoms with Crippen LogP contribution in [0.5, 0.6) is 0 Å². The summed E-state index contributed by atoms with van der Waals surface area (Å²) < 4.78 is 0. The molecule has 0 spiro atoms. The molecule has 2 aromatic rings. The van der Waals surface area contributed by atoms with Crippen LogP contribution >= 0.6 is 11.6 Å². The molecule has 2 heterocycles. The van der Waals surface area contributed by atoms with Crippen molar-refractivity contribution in [3.63, 3.8) is 0 Å². The number of aromatic nitrogens is 2. The average Bonchev–Trinajstić information content (AvgIpc) is 2.36. The molecule has 0 saturated carbocycles. The standard InChI is InChI=1S/C15H16ClN3O/c1-10-4-11(2)18-14(5-10)9-19(3)15(20)12-6-13(16)8-17-7-12/h4-8H,9H2,1-3H3. The Hall–Kier alpha value is -1.94. The van der Waals surface area contributed by atoms with E-state index in [2.05, 4.69) is 9.97 Å². The summed E-state index contributed by atoms with van der Waals surface area (Å²) in [4.78, 5) is 22.2. The van der Waals surface area contributed by atoms with E-state index < -0.39 is 0 Å². The van der Waals surface area contributed by atoms with Crippen molar-refractivity contribution in [3.8, 4) is 0 Å². The van der Waals surface area contributed by atoms with Crippen LogP contribution in [0.25, 0.3) is 0 Å². The summed E-state index contributed by atoms with van der Waals surface area (Å²) in [5.74, 6) is -0.124. The van der Waals surface area contributed by atoms with Gasteiger partial charge in [0.05, 0.1) is 22.8 Å². The van der Waals surface area contributed by atoms with Crippen LogP contribution in [0.2, 0.25) is 5.02 Å². The van der Waals surface area contributed by atoms with Crippen LogP contribution in [0.1, 0.15) is 27.3 Å². The van der Waals surface area contributed by atoms with E-state index in [1.165, 1.54) is 12.4 Å². The van der Waals surface area contributed by atoms with Gasteiger partial charge in [-0.3, -0.25) is 14.8 Å². The number of carbonyl (C=O) groups excluding carboxylic acids is 1. The van der Waals surface area contributed by atoms with Gasteiger partial charge in [0.25, 0.3) is 5.91 Å². The Bertz CT molecular complexity index is 623. The third-order valence-corrected chi connectivity index (χ3v) is 3.06. The lowest BCUT2D eigenvalue weighted by molar-refractivity contribution is 0.0783. The lowest BCUT2D eigenvalue weighted by Crippen LogP contribution is -2.26. The van der Waals surface area contributed by atoms with Crippen LogP contribution in [0.3, 0.4) is 0 Å². The number of halogens is 1. The van der Waals surface area contributed by atoms with Crippen molar-refractivity contribution in [2.45, 2.75) is 20.4 Å². The molecule has 0 aliphatic carbocycles. The molecule has 0 fully saturated rings. The summed E-state index contributed by atoms with van der Waals surface area (Å²) in [6.45, 7) is 4.41. The average molecular weight is 290 g/mol. The van der Waals surface area contributed by atoms with Crippen LogP contribution in [0.15, 0.2) is 30.6 Å². The molecule has 5 heteroatoms. The Morgan fingerprint density at radius 3 is 2.65 bits per heavy atom. The van der Waals surface area contributed by atoms with Gasteiger partial charge in [0.15, 0.2) is 0 Å². The number of nitrogens with zero attached hydrogens (tertiary/aromatic N) is 3. The zero-order valence-corrected chi connectivity index (χ0v) is 12.5. The molecule has 0 saturated heterocycles. The highest BCUT2D eigenvalue weighted by atomic mass is 35.5. The van der Waals surface area contributed by atoms with Gasteiger partial charge in [0.1, 0.15) is 0 Å². The van der Waals surface area contributed by atoms with Crippen LogP contribution in [-0.2, 0) is 6.54 Å². The number of aryl methyl sites for hydroxylation is 2. The van der Waals surface area contributed by atoms with E-state index in [1.54, 1.807) is 18.0 Å². The van der Waals surface area contributed by atoms with Gasteiger partial charge in [-0.15, -0.1) is 0 Å². The minimum absolute atomic E-state index is 0.124. The molecule has 0 N–H and O–H groups in total. The SMILES string of the molecule is Cc1cc(C)nc(CN(C)C(=O)c2cncc(Cl)c2)c1. The van der Waals surface area contributed by atoms with Crippen molar-refractivity contribution in [2.24, 2.45) is 0 Å². The zero-order valence-electron chi connectivity index (χ0n) is 11.7. The highest BCUT2D eigenvalue weighted by Crippen LogP contribution is 2.12. The molecule has 0 aliphatic heterocycles. The summed E-state index contributed by atoms with van der Waals surface area (Å²) >= 11 is 5.85. The molecular formula is C15H16ClN3O. The molecule has 0 bridgehead atoms. The molecule has 2 rings (SSSR count). The smallest absolute Gasteiger partial charge is 0.255 e. The lowest BCUT2D eigenvalue weighted by Gasteiger charge is -2.17. The third-order valence-electron chi connectivity index (χ3n) is 2.85. The Morgan fingerprint density at radius 1 is 1.25 bits per heavy atom. The number of pyridine rings is 2. The molecule has 1 amide bonds. The maximum atomic E-state index is 12.3. The maximum absolute atomic E-state index is 12.3. The van der Waals surface area contributed by atoms with E-state index in [0.29, 0.717) is 17.1 Å². The molecule has 0 aliphatic rings. The normalized spacial score (nSPS) is 10.4. The Balaban J connectivity index is 2.15. The fourth-order valence-electron chi connectivity index (χ4n) is 2.07. The second-order valence-corrected chi connectivity index (χ2v) is 5.27. The van der Waals surface area contributed by atoms with Crippen LogP contribution in [-0.4, -0.2) is 27.8 Å². The van der Waals surface area contributed by atoms with E-state index in [1.807, 2.05) is 26.0 Å². The maximum Gasteiger partial charge on any atom is 0.255 e. The fraction of sp³-hybridized carbons (Fsp3) is 0.267. The van der Waals surface area contributed by atoms with Gasteiger partial charge < -0.3 is 4.90 Å². The Morgan fingerprint density at radius 2 is 2.00 bits per heavy atom. The van der Waals surface area contributed by atoms with Crippen LogP contribution in [0, 0.1) is 13.8 Å². The van der Waals surface area contributed by atoms with E-state index in [0.717, 1.165) is 17.0 Å². The molecule has 20 heavy (non-hydrogen) atoms.